The predicted octanol–water partition coefficient (Wildman–Crippen LogP) is 5.36. The largest absolute Gasteiger partial charge is 0.464 e. The molecule has 4 heterocycles. The lowest BCUT2D eigenvalue weighted by molar-refractivity contribution is 0.0593. The molecule has 0 saturated heterocycles. The number of carbonyl (C=O) groups is 1. The first-order chi connectivity index (χ1) is 14.9. The van der Waals surface area contributed by atoms with Gasteiger partial charge in [-0.25, -0.2) is 9.78 Å². The fraction of sp³-hybridized carbons (Fsp3) is 0.308. The Morgan fingerprint density at radius 2 is 1.97 bits per heavy atom. The lowest BCUT2D eigenvalue weighted by Gasteiger charge is -2.48. The molecule has 2 aromatic heterocycles. The number of aromatic nitrogens is 2. The second-order valence-corrected chi connectivity index (χ2v) is 9.41. The molecule has 0 fully saturated rings. The quantitative estimate of drug-likeness (QED) is 0.429. The Morgan fingerprint density at radius 1 is 1.16 bits per heavy atom. The van der Waals surface area contributed by atoms with Gasteiger partial charge in [-0.2, -0.15) is 0 Å². The van der Waals surface area contributed by atoms with Crippen LogP contribution in [0.5, 0.6) is 0 Å². The Balaban J connectivity index is 1.68. The van der Waals surface area contributed by atoms with Gasteiger partial charge in [-0.1, -0.05) is 49.7 Å². The number of aryl methyl sites for hydroxylation is 1. The lowest BCUT2D eigenvalue weighted by atomic mass is 9.65. The van der Waals surface area contributed by atoms with E-state index in [4.69, 9.17) is 9.72 Å². The number of hydrogen-bond donors (Lipinski definition) is 1. The molecule has 1 N–H and O–H groups in total. The summed E-state index contributed by atoms with van der Waals surface area (Å²) in [7, 11) is 1.41. The molecule has 0 unspecified atom stereocenters. The summed E-state index contributed by atoms with van der Waals surface area (Å²) in [5.74, 6) is -0.114. The minimum Gasteiger partial charge on any atom is -0.464 e. The first-order valence-corrected chi connectivity index (χ1v) is 10.8. The number of rotatable bonds is 1. The topological polar surface area (TPSA) is 56.2 Å². The molecule has 0 aliphatic carbocycles. The molecule has 0 spiro atoms. The Kier molecular flexibility index (Phi) is 3.62. The van der Waals surface area contributed by atoms with Crippen molar-refractivity contribution in [3.63, 3.8) is 0 Å². The third kappa shape index (κ3) is 2.37. The van der Waals surface area contributed by atoms with Crippen molar-refractivity contribution in [2.24, 2.45) is 5.92 Å². The average Bonchev–Trinajstić information content (AvgIpc) is 3.09. The Hall–Kier alpha value is -3.34. The van der Waals surface area contributed by atoms with Crippen molar-refractivity contribution < 1.29 is 9.53 Å². The zero-order chi connectivity index (χ0) is 21.5. The number of para-hydroxylation sites is 1. The van der Waals surface area contributed by atoms with Crippen LogP contribution in [-0.4, -0.2) is 22.6 Å². The van der Waals surface area contributed by atoms with E-state index in [1.807, 2.05) is 6.07 Å². The standard InChI is InChI=1S/C26H25N3O2/c1-14-9-10-19-17(11-14)26(2,3)18-13-29-21-8-6-5-7-15(21)16-12-20(25(30)31-4)28-23(24(16)29)22(18)27-19/h5-12,18,22,27H,13H2,1-4H3/t18-,22-/m0/s1. The number of pyridine rings is 1. The van der Waals surface area contributed by atoms with Gasteiger partial charge in [0.1, 0.15) is 5.69 Å². The van der Waals surface area contributed by atoms with Crippen LogP contribution in [0.1, 0.15) is 47.2 Å². The Labute approximate surface area is 181 Å². The number of benzene rings is 2. The minimum absolute atomic E-state index is 0.0223. The van der Waals surface area contributed by atoms with Gasteiger partial charge < -0.3 is 14.6 Å². The van der Waals surface area contributed by atoms with Gasteiger partial charge in [0.2, 0.25) is 0 Å². The van der Waals surface area contributed by atoms with Crippen LogP contribution in [0.3, 0.4) is 0 Å². The summed E-state index contributed by atoms with van der Waals surface area (Å²) < 4.78 is 7.44. The van der Waals surface area contributed by atoms with Crippen molar-refractivity contribution >= 4 is 33.5 Å². The molecule has 6 rings (SSSR count). The first-order valence-electron chi connectivity index (χ1n) is 10.8. The fourth-order valence-corrected chi connectivity index (χ4v) is 5.71. The number of anilines is 1. The van der Waals surface area contributed by atoms with E-state index in [-0.39, 0.29) is 17.4 Å². The predicted molar refractivity (Wildman–Crippen MR) is 123 cm³/mol. The molecule has 0 bridgehead atoms. The van der Waals surface area contributed by atoms with Gasteiger partial charge in [0.05, 0.1) is 24.4 Å². The molecule has 0 saturated carbocycles. The second kappa shape index (κ2) is 6.10. The molecule has 5 nitrogen and oxygen atoms in total. The van der Waals surface area contributed by atoms with Crippen LogP contribution in [0.2, 0.25) is 0 Å². The highest BCUT2D eigenvalue weighted by Gasteiger charge is 2.47. The van der Waals surface area contributed by atoms with Crippen LogP contribution >= 0.6 is 0 Å². The first kappa shape index (κ1) is 18.4. The van der Waals surface area contributed by atoms with E-state index in [1.165, 1.54) is 23.8 Å². The number of nitrogens with one attached hydrogen (secondary N) is 1. The summed E-state index contributed by atoms with van der Waals surface area (Å²) in [6, 6.07) is 17.0. The number of fused-ring (bicyclic) bond motifs is 6. The number of carbonyl (C=O) groups excluding carboxylic acids is 1. The van der Waals surface area contributed by atoms with Crippen molar-refractivity contribution in [1.29, 1.82) is 0 Å². The Bertz CT molecular complexity index is 1400. The second-order valence-electron chi connectivity index (χ2n) is 9.41. The molecule has 31 heavy (non-hydrogen) atoms. The number of nitrogens with zero attached hydrogens (tertiary/aromatic N) is 2. The smallest absolute Gasteiger partial charge is 0.356 e. The maximum Gasteiger partial charge on any atom is 0.356 e. The number of methoxy groups -OCH3 is 1. The molecular formula is C26H25N3O2. The van der Waals surface area contributed by atoms with Gasteiger partial charge in [-0.15, -0.1) is 0 Å². The molecule has 156 valence electrons. The highest BCUT2D eigenvalue weighted by atomic mass is 16.5. The van der Waals surface area contributed by atoms with E-state index >= 15 is 0 Å². The summed E-state index contributed by atoms with van der Waals surface area (Å²) >= 11 is 0. The van der Waals surface area contributed by atoms with Crippen molar-refractivity contribution in [2.75, 3.05) is 12.4 Å². The van der Waals surface area contributed by atoms with Gasteiger partial charge >= 0.3 is 5.97 Å². The van der Waals surface area contributed by atoms with Crippen LogP contribution in [0.25, 0.3) is 21.8 Å². The SMILES string of the molecule is COC(=O)c1cc2c3ccccc3n3c2c(n1)[C@H]1Nc2ccc(C)cc2C(C)(C)[C@H]1C3. The summed E-state index contributed by atoms with van der Waals surface area (Å²) in [5.41, 5.74) is 7.31. The van der Waals surface area contributed by atoms with Crippen LogP contribution in [-0.2, 0) is 16.7 Å². The van der Waals surface area contributed by atoms with Gasteiger partial charge in [0, 0.05) is 34.4 Å². The fourth-order valence-electron chi connectivity index (χ4n) is 5.71. The highest BCUT2D eigenvalue weighted by molar-refractivity contribution is 6.11. The normalized spacial score (nSPS) is 20.8. The van der Waals surface area contributed by atoms with E-state index in [0.29, 0.717) is 5.69 Å². The summed E-state index contributed by atoms with van der Waals surface area (Å²) in [5, 5.41) is 6.00. The zero-order valence-corrected chi connectivity index (χ0v) is 18.2. The van der Waals surface area contributed by atoms with Crippen molar-refractivity contribution in [2.45, 2.75) is 38.8 Å². The summed E-state index contributed by atoms with van der Waals surface area (Å²) in [6.07, 6.45) is 0. The maximum absolute atomic E-state index is 12.5. The third-order valence-electron chi connectivity index (χ3n) is 7.35. The summed E-state index contributed by atoms with van der Waals surface area (Å²) in [6.45, 7) is 7.71. The van der Waals surface area contributed by atoms with Gasteiger partial charge in [0.15, 0.2) is 0 Å². The van der Waals surface area contributed by atoms with Crippen LogP contribution < -0.4 is 5.32 Å². The minimum atomic E-state index is -0.400. The lowest BCUT2D eigenvalue weighted by Crippen LogP contribution is -2.45. The van der Waals surface area contributed by atoms with E-state index in [9.17, 15) is 4.79 Å². The van der Waals surface area contributed by atoms with Crippen LogP contribution in [0.15, 0.2) is 48.5 Å². The van der Waals surface area contributed by atoms with Crippen LogP contribution in [0, 0.1) is 12.8 Å². The zero-order valence-electron chi connectivity index (χ0n) is 18.2. The molecule has 2 aliphatic heterocycles. The van der Waals surface area contributed by atoms with Crippen molar-refractivity contribution in [3.8, 4) is 0 Å². The number of ether oxygens (including phenoxy) is 1. The molecule has 4 aromatic rings. The molecule has 5 heteroatoms. The van der Waals surface area contributed by atoms with E-state index < -0.39 is 5.97 Å². The van der Waals surface area contributed by atoms with Gasteiger partial charge in [-0.05, 0) is 36.1 Å². The highest BCUT2D eigenvalue weighted by Crippen LogP contribution is 2.53. The molecular weight excluding hydrogens is 386 g/mol. The molecule has 2 aliphatic rings. The number of esters is 1. The summed E-state index contributed by atoms with van der Waals surface area (Å²) in [4.78, 5) is 17.4. The third-order valence-corrected chi connectivity index (χ3v) is 7.35. The molecule has 0 amide bonds. The van der Waals surface area contributed by atoms with Gasteiger partial charge in [0.25, 0.3) is 0 Å². The average molecular weight is 412 g/mol. The number of hydrogen-bond acceptors (Lipinski definition) is 4. The van der Waals surface area contributed by atoms with Gasteiger partial charge in [-0.3, -0.25) is 0 Å². The van der Waals surface area contributed by atoms with E-state index in [2.05, 4.69) is 73.1 Å². The molecule has 2 atom stereocenters. The van der Waals surface area contributed by atoms with E-state index in [1.54, 1.807) is 0 Å². The Morgan fingerprint density at radius 3 is 2.77 bits per heavy atom. The van der Waals surface area contributed by atoms with Crippen molar-refractivity contribution in [3.05, 3.63) is 71.0 Å². The maximum atomic E-state index is 12.5. The molecule has 2 aromatic carbocycles. The molecule has 0 radical (unpaired) electrons. The van der Waals surface area contributed by atoms with E-state index in [0.717, 1.165) is 34.2 Å². The monoisotopic (exact) mass is 411 g/mol. The van der Waals surface area contributed by atoms with Crippen LogP contribution in [0.4, 0.5) is 5.69 Å². The van der Waals surface area contributed by atoms with Crippen molar-refractivity contribution in [1.82, 2.24) is 9.55 Å².